The topological polar surface area (TPSA) is 15.3 Å². The maximum absolute atomic E-state index is 6.02. The highest BCUT2D eigenvalue weighted by Gasteiger charge is 2.21. The molecule has 1 aromatic rings. The Kier molecular flexibility index (Phi) is 5.04. The highest BCUT2D eigenvalue weighted by molar-refractivity contribution is 6.30. The largest absolute Gasteiger partial charge is 0.315 e. The molecule has 1 saturated heterocycles. The molecule has 0 bridgehead atoms. The van der Waals surface area contributed by atoms with Crippen molar-refractivity contribution in [1.82, 2.24) is 10.2 Å². The first-order valence-corrected chi connectivity index (χ1v) is 7.28. The van der Waals surface area contributed by atoms with E-state index < -0.39 is 0 Å². The third-order valence-corrected chi connectivity index (χ3v) is 3.97. The molecule has 0 spiro atoms. The molecule has 1 unspecified atom stereocenters. The average molecular weight is 267 g/mol. The van der Waals surface area contributed by atoms with Gasteiger partial charge in [-0.15, -0.1) is 0 Å². The van der Waals surface area contributed by atoms with Crippen LogP contribution in [0, 0.1) is 6.92 Å². The second-order valence-electron chi connectivity index (χ2n) is 5.19. The number of hydrogen-bond donors (Lipinski definition) is 1. The number of benzene rings is 1. The molecule has 1 aromatic carbocycles. The lowest BCUT2D eigenvalue weighted by atomic mass is 10.1. The molecule has 1 atom stereocenters. The van der Waals surface area contributed by atoms with Crippen LogP contribution < -0.4 is 5.32 Å². The summed E-state index contributed by atoms with van der Waals surface area (Å²) < 4.78 is 0. The molecule has 1 aliphatic heterocycles. The quantitative estimate of drug-likeness (QED) is 0.880. The van der Waals surface area contributed by atoms with Crippen LogP contribution in [0.25, 0.3) is 0 Å². The smallest absolute Gasteiger partial charge is 0.0408 e. The van der Waals surface area contributed by atoms with E-state index >= 15 is 0 Å². The van der Waals surface area contributed by atoms with Crippen molar-refractivity contribution >= 4 is 11.6 Å². The molecule has 1 heterocycles. The second kappa shape index (κ2) is 6.55. The van der Waals surface area contributed by atoms with Crippen LogP contribution in [0.4, 0.5) is 0 Å². The lowest BCUT2D eigenvalue weighted by Crippen LogP contribution is -2.37. The van der Waals surface area contributed by atoms with Gasteiger partial charge in [-0.25, -0.2) is 0 Å². The van der Waals surface area contributed by atoms with Crippen LogP contribution in [0.15, 0.2) is 18.2 Å². The third kappa shape index (κ3) is 3.47. The third-order valence-electron chi connectivity index (χ3n) is 3.74. The molecule has 0 radical (unpaired) electrons. The molecule has 1 aliphatic rings. The maximum atomic E-state index is 6.02. The van der Waals surface area contributed by atoms with Crippen LogP contribution in [0.2, 0.25) is 5.02 Å². The van der Waals surface area contributed by atoms with Crippen molar-refractivity contribution in [1.29, 1.82) is 0 Å². The summed E-state index contributed by atoms with van der Waals surface area (Å²) in [6.45, 7) is 8.91. The van der Waals surface area contributed by atoms with E-state index in [0.29, 0.717) is 6.04 Å². The van der Waals surface area contributed by atoms with Crippen molar-refractivity contribution in [3.05, 3.63) is 34.3 Å². The van der Waals surface area contributed by atoms with Gasteiger partial charge in [0, 0.05) is 24.2 Å². The number of hydrogen-bond acceptors (Lipinski definition) is 2. The summed E-state index contributed by atoms with van der Waals surface area (Å²) in [5.41, 5.74) is 2.70. The van der Waals surface area contributed by atoms with Gasteiger partial charge in [0.25, 0.3) is 0 Å². The zero-order chi connectivity index (χ0) is 13.0. The fraction of sp³-hybridized carbons (Fsp3) is 0.600. The zero-order valence-electron chi connectivity index (χ0n) is 11.4. The Hall–Kier alpha value is -0.570. The highest BCUT2D eigenvalue weighted by atomic mass is 35.5. The molecule has 1 fully saturated rings. The van der Waals surface area contributed by atoms with Crippen LogP contribution in [-0.2, 0) is 6.54 Å². The average Bonchev–Trinajstić information content (AvgIpc) is 2.85. The van der Waals surface area contributed by atoms with E-state index in [0.717, 1.165) is 24.7 Å². The van der Waals surface area contributed by atoms with Crippen LogP contribution in [0.1, 0.15) is 30.9 Å². The molecule has 0 aromatic heterocycles. The standard InChI is InChI=1S/C15H23ClN2/c1-3-8-18(15-6-7-17-10-15)11-13-4-5-14(16)9-12(13)2/h4-5,9,15,17H,3,6-8,10-11H2,1-2H3. The number of halogens is 1. The molecular weight excluding hydrogens is 244 g/mol. The fourth-order valence-corrected chi connectivity index (χ4v) is 2.91. The molecule has 18 heavy (non-hydrogen) atoms. The van der Waals surface area contributed by atoms with Gasteiger partial charge < -0.3 is 5.32 Å². The van der Waals surface area contributed by atoms with E-state index in [1.54, 1.807) is 0 Å². The van der Waals surface area contributed by atoms with Gasteiger partial charge in [-0.1, -0.05) is 24.6 Å². The van der Waals surface area contributed by atoms with Gasteiger partial charge >= 0.3 is 0 Å². The van der Waals surface area contributed by atoms with Crippen molar-refractivity contribution in [2.24, 2.45) is 0 Å². The van der Waals surface area contributed by atoms with Gasteiger partial charge in [0.2, 0.25) is 0 Å². The summed E-state index contributed by atoms with van der Waals surface area (Å²) in [6, 6.07) is 6.93. The van der Waals surface area contributed by atoms with Crippen LogP contribution >= 0.6 is 11.6 Å². The molecular formula is C15H23ClN2. The Morgan fingerprint density at radius 2 is 2.28 bits per heavy atom. The van der Waals surface area contributed by atoms with Crippen molar-refractivity contribution < 1.29 is 0 Å². The Balaban J connectivity index is 2.07. The van der Waals surface area contributed by atoms with Crippen molar-refractivity contribution in [3.8, 4) is 0 Å². The summed E-state index contributed by atoms with van der Waals surface area (Å²) in [5, 5.41) is 4.29. The Bertz CT molecular complexity index is 386. The fourth-order valence-electron chi connectivity index (χ4n) is 2.68. The predicted molar refractivity (Wildman–Crippen MR) is 78.2 cm³/mol. The minimum atomic E-state index is 0.694. The van der Waals surface area contributed by atoms with Gasteiger partial charge in [-0.3, -0.25) is 4.90 Å². The minimum absolute atomic E-state index is 0.694. The summed E-state index contributed by atoms with van der Waals surface area (Å²) >= 11 is 6.02. The number of nitrogens with one attached hydrogen (secondary N) is 1. The van der Waals surface area contributed by atoms with Crippen molar-refractivity contribution in [3.63, 3.8) is 0 Å². The highest BCUT2D eigenvalue weighted by Crippen LogP contribution is 2.19. The van der Waals surface area contributed by atoms with Crippen molar-refractivity contribution in [2.75, 3.05) is 19.6 Å². The first kappa shape index (κ1) is 13.9. The Morgan fingerprint density at radius 3 is 2.89 bits per heavy atom. The number of nitrogens with zero attached hydrogens (tertiary/aromatic N) is 1. The van der Waals surface area contributed by atoms with E-state index in [2.05, 4.69) is 36.2 Å². The summed E-state index contributed by atoms with van der Waals surface area (Å²) in [5.74, 6) is 0. The van der Waals surface area contributed by atoms with E-state index in [-0.39, 0.29) is 0 Å². The summed E-state index contributed by atoms with van der Waals surface area (Å²) in [6.07, 6.45) is 2.48. The SMILES string of the molecule is CCCN(Cc1ccc(Cl)cc1C)C1CCNC1. The van der Waals surface area contributed by atoms with Crippen LogP contribution in [0.5, 0.6) is 0 Å². The normalized spacial score (nSPS) is 19.7. The van der Waals surface area contributed by atoms with Gasteiger partial charge in [-0.05, 0) is 56.1 Å². The van der Waals surface area contributed by atoms with Crippen LogP contribution in [0.3, 0.4) is 0 Å². The lowest BCUT2D eigenvalue weighted by molar-refractivity contribution is 0.199. The summed E-state index contributed by atoms with van der Waals surface area (Å²) in [7, 11) is 0. The Labute approximate surface area is 115 Å². The monoisotopic (exact) mass is 266 g/mol. The van der Waals surface area contributed by atoms with Crippen molar-refractivity contribution in [2.45, 2.75) is 39.3 Å². The predicted octanol–water partition coefficient (Wildman–Crippen LogP) is 3.22. The van der Waals surface area contributed by atoms with E-state index in [4.69, 9.17) is 11.6 Å². The zero-order valence-corrected chi connectivity index (χ0v) is 12.1. The molecule has 2 rings (SSSR count). The molecule has 0 amide bonds. The van der Waals surface area contributed by atoms with E-state index in [1.807, 2.05) is 6.07 Å². The van der Waals surface area contributed by atoms with Gasteiger partial charge in [0.15, 0.2) is 0 Å². The first-order chi connectivity index (χ1) is 8.70. The number of aryl methyl sites for hydroxylation is 1. The van der Waals surface area contributed by atoms with Crippen LogP contribution in [-0.4, -0.2) is 30.6 Å². The molecule has 100 valence electrons. The maximum Gasteiger partial charge on any atom is 0.0408 e. The van der Waals surface area contributed by atoms with Gasteiger partial charge in [-0.2, -0.15) is 0 Å². The van der Waals surface area contributed by atoms with E-state index in [9.17, 15) is 0 Å². The van der Waals surface area contributed by atoms with Gasteiger partial charge in [0.1, 0.15) is 0 Å². The van der Waals surface area contributed by atoms with E-state index in [1.165, 1.54) is 30.5 Å². The minimum Gasteiger partial charge on any atom is -0.315 e. The van der Waals surface area contributed by atoms with Gasteiger partial charge in [0.05, 0.1) is 0 Å². The second-order valence-corrected chi connectivity index (χ2v) is 5.62. The first-order valence-electron chi connectivity index (χ1n) is 6.90. The lowest BCUT2D eigenvalue weighted by Gasteiger charge is -2.28. The number of rotatable bonds is 5. The Morgan fingerprint density at radius 1 is 1.44 bits per heavy atom. The molecule has 2 nitrogen and oxygen atoms in total. The summed E-state index contributed by atoms with van der Waals surface area (Å²) in [4.78, 5) is 2.61. The molecule has 1 N–H and O–H groups in total. The molecule has 0 saturated carbocycles. The molecule has 0 aliphatic carbocycles. The molecule has 3 heteroatoms.